The van der Waals surface area contributed by atoms with Crippen LogP contribution in [0.4, 0.5) is 0 Å². The molecule has 0 aromatic rings. The van der Waals surface area contributed by atoms with Crippen LogP contribution in [0.5, 0.6) is 0 Å². The van der Waals surface area contributed by atoms with Crippen LogP contribution < -0.4 is 24.0 Å². The molecule has 1 unspecified atom stereocenters. The molecule has 0 N–H and O–H groups in total. The zero-order valence-electron chi connectivity index (χ0n) is 13.0. The number of allylic oxidation sites excluding steroid dienone is 1. The van der Waals surface area contributed by atoms with Gasteiger partial charge < -0.3 is 14.6 Å². The molecule has 0 aromatic carbocycles. The summed E-state index contributed by atoms with van der Waals surface area (Å²) >= 11 is 0. The molecular formula is C15H23LiO4. The van der Waals surface area contributed by atoms with Crippen molar-refractivity contribution in [3.05, 3.63) is 23.7 Å². The van der Waals surface area contributed by atoms with E-state index in [1.807, 2.05) is 6.92 Å². The van der Waals surface area contributed by atoms with Gasteiger partial charge in [0.15, 0.2) is 0 Å². The summed E-state index contributed by atoms with van der Waals surface area (Å²) in [5, 5.41) is 11.4. The topological polar surface area (TPSA) is 58.6 Å². The van der Waals surface area contributed by atoms with E-state index in [4.69, 9.17) is 9.47 Å². The van der Waals surface area contributed by atoms with Crippen LogP contribution in [0.25, 0.3) is 0 Å². The van der Waals surface area contributed by atoms with Gasteiger partial charge in [0.05, 0.1) is 12.6 Å². The number of hydrogen-bond donors (Lipinski definition) is 0. The maximum absolute atomic E-state index is 11.4. The van der Waals surface area contributed by atoms with Crippen LogP contribution >= 0.6 is 0 Å². The van der Waals surface area contributed by atoms with Crippen LogP contribution in [0.3, 0.4) is 0 Å². The minimum absolute atomic E-state index is 0. The summed E-state index contributed by atoms with van der Waals surface area (Å²) in [6.45, 7) is 6.20. The minimum Gasteiger partial charge on any atom is -0.603 e. The van der Waals surface area contributed by atoms with E-state index < -0.39 is 5.60 Å². The van der Waals surface area contributed by atoms with E-state index in [1.54, 1.807) is 13.0 Å². The van der Waals surface area contributed by atoms with Crippen LogP contribution in [-0.2, 0) is 14.3 Å². The molecule has 1 heterocycles. The largest absolute Gasteiger partial charge is 1.00 e. The van der Waals surface area contributed by atoms with Crippen molar-refractivity contribution in [2.75, 3.05) is 6.61 Å². The SMILES string of the molecule is CCCCC1=C([O-])OC1(C)CC/C=C/C(=O)OCC.[Li+]. The van der Waals surface area contributed by atoms with Crippen molar-refractivity contribution in [2.45, 2.75) is 58.5 Å². The summed E-state index contributed by atoms with van der Waals surface area (Å²) in [5.74, 6) is -0.487. The van der Waals surface area contributed by atoms with Crippen molar-refractivity contribution in [1.29, 1.82) is 0 Å². The summed E-state index contributed by atoms with van der Waals surface area (Å²) in [4.78, 5) is 11.1. The normalized spacial score (nSPS) is 21.1. The molecular weight excluding hydrogens is 251 g/mol. The summed E-state index contributed by atoms with van der Waals surface area (Å²) in [7, 11) is 0. The molecule has 0 saturated carbocycles. The molecule has 0 aliphatic carbocycles. The first-order chi connectivity index (χ1) is 9.03. The van der Waals surface area contributed by atoms with E-state index in [9.17, 15) is 9.90 Å². The van der Waals surface area contributed by atoms with Gasteiger partial charge in [-0.25, -0.2) is 4.79 Å². The van der Waals surface area contributed by atoms with Gasteiger partial charge in [-0.1, -0.05) is 19.4 Å². The average molecular weight is 274 g/mol. The van der Waals surface area contributed by atoms with Crippen LogP contribution in [0.1, 0.15) is 52.9 Å². The Hall–Kier alpha value is -0.853. The fourth-order valence-electron chi connectivity index (χ4n) is 2.15. The van der Waals surface area contributed by atoms with Gasteiger partial charge in [0.25, 0.3) is 0 Å². The molecule has 1 aliphatic heterocycles. The van der Waals surface area contributed by atoms with E-state index in [2.05, 4.69) is 6.92 Å². The first-order valence-corrected chi connectivity index (χ1v) is 6.96. The molecule has 108 valence electrons. The van der Waals surface area contributed by atoms with Gasteiger partial charge >= 0.3 is 24.8 Å². The number of ether oxygens (including phenoxy) is 2. The van der Waals surface area contributed by atoms with Crippen molar-refractivity contribution in [3.8, 4) is 0 Å². The summed E-state index contributed by atoms with van der Waals surface area (Å²) < 4.78 is 10.1. The standard InChI is InChI=1S/C15H24O4.Li/c1-4-6-9-12-14(17)19-15(12,3)11-8-7-10-13(16)18-5-2;/h7,10,17H,4-6,8-9,11H2,1-3H3;/q;+1/p-1/b10-7+;. The van der Waals surface area contributed by atoms with Gasteiger partial charge in [0.1, 0.15) is 0 Å². The first-order valence-electron chi connectivity index (χ1n) is 6.96. The fourth-order valence-corrected chi connectivity index (χ4v) is 2.15. The zero-order valence-corrected chi connectivity index (χ0v) is 13.0. The van der Waals surface area contributed by atoms with E-state index in [0.29, 0.717) is 19.4 Å². The van der Waals surface area contributed by atoms with Crippen LogP contribution in [0, 0.1) is 0 Å². The van der Waals surface area contributed by atoms with Gasteiger partial charge in [0, 0.05) is 11.7 Å². The molecule has 0 fully saturated rings. The van der Waals surface area contributed by atoms with Gasteiger partial charge in [-0.2, -0.15) is 0 Å². The number of carbonyl (C=O) groups excluding carboxylic acids is 1. The minimum atomic E-state index is -0.439. The Kier molecular flexibility index (Phi) is 8.76. The molecule has 0 amide bonds. The third-order valence-electron chi connectivity index (χ3n) is 3.31. The van der Waals surface area contributed by atoms with E-state index in [-0.39, 0.29) is 30.8 Å². The maximum Gasteiger partial charge on any atom is 1.00 e. The number of hydrogen-bond acceptors (Lipinski definition) is 4. The Bertz CT molecular complexity index is 376. The molecule has 0 bridgehead atoms. The molecule has 0 aromatic heterocycles. The van der Waals surface area contributed by atoms with Crippen molar-refractivity contribution >= 4 is 5.97 Å². The van der Waals surface area contributed by atoms with Crippen molar-refractivity contribution in [1.82, 2.24) is 0 Å². The van der Waals surface area contributed by atoms with Gasteiger partial charge in [-0.15, -0.1) is 0 Å². The Balaban J connectivity index is 0.00000361. The quantitative estimate of drug-likeness (QED) is 0.338. The fraction of sp³-hybridized carbons (Fsp3) is 0.667. The third-order valence-corrected chi connectivity index (χ3v) is 3.31. The Morgan fingerprint density at radius 3 is 2.70 bits per heavy atom. The Morgan fingerprint density at radius 2 is 2.15 bits per heavy atom. The molecule has 0 radical (unpaired) electrons. The summed E-state index contributed by atoms with van der Waals surface area (Å²) in [5.41, 5.74) is 0.449. The summed E-state index contributed by atoms with van der Waals surface area (Å²) in [6, 6.07) is 0. The average Bonchev–Trinajstić information content (AvgIpc) is 2.35. The zero-order chi connectivity index (χ0) is 14.3. The predicted octanol–water partition coefficient (Wildman–Crippen LogP) is -0.559. The maximum atomic E-state index is 11.4. The van der Waals surface area contributed by atoms with Crippen LogP contribution in [0.15, 0.2) is 23.7 Å². The van der Waals surface area contributed by atoms with E-state index in [1.165, 1.54) is 6.08 Å². The molecule has 1 rings (SSSR count). The number of unbranched alkanes of at least 4 members (excludes halogenated alkanes) is 1. The second-order valence-electron chi connectivity index (χ2n) is 4.90. The number of rotatable bonds is 8. The van der Waals surface area contributed by atoms with Crippen molar-refractivity contribution in [3.63, 3.8) is 0 Å². The Morgan fingerprint density at radius 1 is 1.45 bits per heavy atom. The first kappa shape index (κ1) is 19.1. The van der Waals surface area contributed by atoms with Crippen molar-refractivity contribution in [2.24, 2.45) is 0 Å². The molecule has 20 heavy (non-hydrogen) atoms. The van der Waals surface area contributed by atoms with Crippen LogP contribution in [-0.4, -0.2) is 18.2 Å². The molecule has 5 heteroatoms. The molecule has 4 nitrogen and oxygen atoms in total. The third kappa shape index (κ3) is 5.26. The van der Waals surface area contributed by atoms with Crippen molar-refractivity contribution < 1.29 is 38.2 Å². The van der Waals surface area contributed by atoms with Gasteiger partial charge in [0.2, 0.25) is 0 Å². The second-order valence-corrected chi connectivity index (χ2v) is 4.90. The van der Waals surface area contributed by atoms with E-state index in [0.717, 1.165) is 24.8 Å². The number of esters is 1. The second kappa shape index (κ2) is 9.15. The molecule has 0 spiro atoms. The summed E-state index contributed by atoms with van der Waals surface area (Å²) in [6.07, 6.45) is 7.50. The van der Waals surface area contributed by atoms with E-state index >= 15 is 0 Å². The van der Waals surface area contributed by atoms with Gasteiger partial charge in [-0.3, -0.25) is 0 Å². The van der Waals surface area contributed by atoms with Gasteiger partial charge in [-0.05, 0) is 45.1 Å². The molecule has 1 atom stereocenters. The monoisotopic (exact) mass is 274 g/mol. The smallest absolute Gasteiger partial charge is 0.603 e. The Labute approximate surface area is 133 Å². The predicted molar refractivity (Wildman–Crippen MR) is 71.0 cm³/mol. The molecule has 1 aliphatic rings. The number of carbonyl (C=O) groups is 1. The van der Waals surface area contributed by atoms with Crippen LogP contribution in [0.2, 0.25) is 0 Å². The molecule has 0 saturated heterocycles.